The van der Waals surface area contributed by atoms with Crippen LogP contribution >= 0.6 is 0 Å². The van der Waals surface area contributed by atoms with E-state index in [0.717, 1.165) is 38.5 Å². The summed E-state index contributed by atoms with van der Waals surface area (Å²) >= 11 is 0. The van der Waals surface area contributed by atoms with Crippen LogP contribution in [-0.4, -0.2) is 33.5 Å². The Morgan fingerprint density at radius 2 is 2.00 bits per heavy atom. The number of carboxylic acid groups (broad SMARTS) is 1. The molecule has 0 aromatic heterocycles. The highest BCUT2D eigenvalue weighted by Crippen LogP contribution is 2.49. The van der Waals surface area contributed by atoms with E-state index in [2.05, 4.69) is 17.9 Å². The quantitative estimate of drug-likeness (QED) is 0.398. The largest absolute Gasteiger partial charge is 0.481 e. The minimum Gasteiger partial charge on any atom is -0.481 e. The van der Waals surface area contributed by atoms with Crippen LogP contribution in [0.1, 0.15) is 70.6 Å². The molecule has 0 spiro atoms. The first kappa shape index (κ1) is 19.5. The summed E-state index contributed by atoms with van der Waals surface area (Å²) in [5.74, 6) is 6.75. The van der Waals surface area contributed by atoms with E-state index in [0.29, 0.717) is 24.2 Å². The van der Waals surface area contributed by atoms with Crippen LogP contribution in [0.2, 0.25) is 0 Å². The molecule has 0 bridgehead atoms. The topological polar surface area (TPSA) is 77.8 Å². The van der Waals surface area contributed by atoms with E-state index in [1.54, 1.807) is 0 Å². The average Bonchev–Trinajstić information content (AvgIpc) is 3.14. The molecule has 144 valence electrons. The lowest BCUT2D eigenvalue weighted by atomic mass is 9.85. The number of aliphatic carboxylic acids is 1. The summed E-state index contributed by atoms with van der Waals surface area (Å²) in [5, 5.41) is 29.5. The minimum atomic E-state index is -0.735. The third-order valence-electron chi connectivity index (χ3n) is 6.57. The number of fused-ring (bicyclic) bond motifs is 1. The smallest absolute Gasteiger partial charge is 0.303 e. The van der Waals surface area contributed by atoms with Gasteiger partial charge in [-0.2, -0.15) is 0 Å². The second kappa shape index (κ2) is 9.06. The van der Waals surface area contributed by atoms with Crippen LogP contribution in [0.25, 0.3) is 0 Å². The normalized spacial score (nSPS) is 34.3. The summed E-state index contributed by atoms with van der Waals surface area (Å²) in [4.78, 5) is 10.6. The molecule has 3 saturated carbocycles. The number of aliphatic hydroxyl groups is 2. The Bertz CT molecular complexity index is 579. The molecule has 3 N–H and O–H groups in total. The third kappa shape index (κ3) is 4.90. The van der Waals surface area contributed by atoms with Crippen LogP contribution in [0.3, 0.4) is 0 Å². The van der Waals surface area contributed by atoms with Gasteiger partial charge in [0.2, 0.25) is 0 Å². The number of rotatable bonds is 5. The van der Waals surface area contributed by atoms with Gasteiger partial charge >= 0.3 is 5.97 Å². The van der Waals surface area contributed by atoms with Crippen molar-refractivity contribution in [1.29, 1.82) is 0 Å². The Balaban J connectivity index is 1.55. The van der Waals surface area contributed by atoms with Crippen molar-refractivity contribution >= 4 is 5.97 Å². The molecule has 0 heterocycles. The third-order valence-corrected chi connectivity index (χ3v) is 6.57. The van der Waals surface area contributed by atoms with Gasteiger partial charge in [-0.1, -0.05) is 42.8 Å². The van der Waals surface area contributed by atoms with E-state index in [1.807, 2.05) is 0 Å². The zero-order valence-corrected chi connectivity index (χ0v) is 15.6. The Kier molecular flexibility index (Phi) is 6.78. The first-order valence-electron chi connectivity index (χ1n) is 10.3. The van der Waals surface area contributed by atoms with Gasteiger partial charge in [0.1, 0.15) is 6.10 Å². The van der Waals surface area contributed by atoms with Gasteiger partial charge in [-0.25, -0.2) is 0 Å². The van der Waals surface area contributed by atoms with Gasteiger partial charge < -0.3 is 15.3 Å². The Morgan fingerprint density at radius 1 is 1.23 bits per heavy atom. The predicted molar refractivity (Wildman–Crippen MR) is 100 cm³/mol. The maximum atomic E-state index is 10.6. The second-order valence-corrected chi connectivity index (χ2v) is 8.44. The van der Waals surface area contributed by atoms with Crippen LogP contribution in [0.5, 0.6) is 0 Å². The van der Waals surface area contributed by atoms with E-state index >= 15 is 0 Å². The highest BCUT2D eigenvalue weighted by molar-refractivity contribution is 5.66. The minimum absolute atomic E-state index is 0.0249. The van der Waals surface area contributed by atoms with E-state index < -0.39 is 12.1 Å². The molecule has 3 rings (SSSR count). The van der Waals surface area contributed by atoms with Gasteiger partial charge in [0, 0.05) is 12.3 Å². The van der Waals surface area contributed by atoms with Crippen LogP contribution < -0.4 is 0 Å². The molecule has 0 aliphatic heterocycles. The maximum Gasteiger partial charge on any atom is 0.303 e. The van der Waals surface area contributed by atoms with E-state index in [9.17, 15) is 15.0 Å². The van der Waals surface area contributed by atoms with Crippen molar-refractivity contribution in [2.45, 2.75) is 82.8 Å². The van der Waals surface area contributed by atoms with Gasteiger partial charge in [-0.05, 0) is 62.7 Å². The molecular weight excluding hydrogens is 328 g/mol. The van der Waals surface area contributed by atoms with E-state index in [1.165, 1.54) is 24.8 Å². The first-order chi connectivity index (χ1) is 12.5. The SMILES string of the molecule is O=C(O)CCC/C=C1\CC2CC(O)C(C#CC(O)C3CCCCC3)C2C1. The van der Waals surface area contributed by atoms with Crippen LogP contribution in [0.15, 0.2) is 11.6 Å². The van der Waals surface area contributed by atoms with Gasteiger partial charge in [-0.15, -0.1) is 0 Å². The molecule has 0 amide bonds. The molecule has 4 heteroatoms. The molecule has 0 aromatic rings. The zero-order valence-electron chi connectivity index (χ0n) is 15.6. The van der Waals surface area contributed by atoms with Crippen molar-refractivity contribution in [3.63, 3.8) is 0 Å². The standard InChI is InChI=1S/C22H32O4/c23-20(16-7-2-1-3-8-16)11-10-18-19-13-15(6-4-5-9-22(25)26)12-17(19)14-21(18)24/h6,16-21,23-24H,1-5,7-9,12-14H2,(H,25,26)/b15-6+. The van der Waals surface area contributed by atoms with Gasteiger partial charge in [0.05, 0.1) is 6.10 Å². The molecule has 5 unspecified atom stereocenters. The van der Waals surface area contributed by atoms with Crippen LogP contribution in [-0.2, 0) is 4.79 Å². The number of allylic oxidation sites excluding steroid dienone is 2. The van der Waals surface area contributed by atoms with Crippen LogP contribution in [0.4, 0.5) is 0 Å². The highest BCUT2D eigenvalue weighted by atomic mass is 16.4. The Labute approximate surface area is 156 Å². The van der Waals surface area contributed by atoms with Crippen molar-refractivity contribution in [2.75, 3.05) is 0 Å². The van der Waals surface area contributed by atoms with Crippen molar-refractivity contribution in [3.05, 3.63) is 11.6 Å². The van der Waals surface area contributed by atoms with Crippen molar-refractivity contribution < 1.29 is 20.1 Å². The van der Waals surface area contributed by atoms with Crippen molar-refractivity contribution in [2.24, 2.45) is 23.7 Å². The number of aliphatic hydroxyl groups excluding tert-OH is 2. The van der Waals surface area contributed by atoms with Gasteiger partial charge in [0.25, 0.3) is 0 Å². The molecule has 3 fully saturated rings. The van der Waals surface area contributed by atoms with E-state index in [4.69, 9.17) is 5.11 Å². The molecule has 26 heavy (non-hydrogen) atoms. The molecule has 3 aliphatic rings. The summed E-state index contributed by atoms with van der Waals surface area (Å²) in [6.45, 7) is 0. The maximum absolute atomic E-state index is 10.6. The summed E-state index contributed by atoms with van der Waals surface area (Å²) in [7, 11) is 0. The Hall–Kier alpha value is -1.31. The number of carbonyl (C=O) groups is 1. The zero-order chi connectivity index (χ0) is 18.5. The molecular formula is C22H32O4. The van der Waals surface area contributed by atoms with E-state index in [-0.39, 0.29) is 18.4 Å². The lowest BCUT2D eigenvalue weighted by molar-refractivity contribution is -0.137. The fourth-order valence-electron chi connectivity index (χ4n) is 5.14. The number of hydrogen-bond acceptors (Lipinski definition) is 3. The Morgan fingerprint density at radius 3 is 2.73 bits per heavy atom. The lowest BCUT2D eigenvalue weighted by Crippen LogP contribution is -2.22. The first-order valence-corrected chi connectivity index (χ1v) is 10.3. The number of hydrogen-bond donors (Lipinski definition) is 3. The van der Waals surface area contributed by atoms with Crippen molar-refractivity contribution in [1.82, 2.24) is 0 Å². The van der Waals surface area contributed by atoms with Gasteiger partial charge in [-0.3, -0.25) is 4.79 Å². The van der Waals surface area contributed by atoms with Crippen LogP contribution in [0, 0.1) is 35.5 Å². The lowest BCUT2D eigenvalue weighted by Gasteiger charge is -2.23. The summed E-state index contributed by atoms with van der Waals surface area (Å²) < 4.78 is 0. The summed E-state index contributed by atoms with van der Waals surface area (Å²) in [6, 6.07) is 0. The second-order valence-electron chi connectivity index (χ2n) is 8.44. The van der Waals surface area contributed by atoms with Crippen molar-refractivity contribution in [3.8, 4) is 11.8 Å². The average molecular weight is 360 g/mol. The fraction of sp³-hybridized carbons (Fsp3) is 0.773. The molecule has 0 radical (unpaired) electrons. The molecule has 5 atom stereocenters. The molecule has 3 aliphatic carbocycles. The molecule has 0 saturated heterocycles. The molecule has 0 aromatic carbocycles. The summed E-state index contributed by atoms with van der Waals surface area (Å²) in [5.41, 5.74) is 1.40. The predicted octanol–water partition coefficient (Wildman–Crippen LogP) is 3.52. The highest BCUT2D eigenvalue weighted by Gasteiger charge is 2.45. The molecule has 4 nitrogen and oxygen atoms in total. The monoisotopic (exact) mass is 360 g/mol. The number of unbranched alkanes of at least 4 members (excludes halogenated alkanes) is 1. The summed E-state index contributed by atoms with van der Waals surface area (Å²) in [6.07, 6.45) is 11.6. The fourth-order valence-corrected chi connectivity index (χ4v) is 5.14. The number of carboxylic acids is 1. The van der Waals surface area contributed by atoms with Gasteiger partial charge in [0.15, 0.2) is 0 Å².